The maximum Gasteiger partial charge on any atom is 0.244 e. The number of methoxy groups -OCH3 is 1. The van der Waals surface area contributed by atoms with Crippen LogP contribution in [-0.2, 0) is 10.0 Å². The molecule has 5 nitrogen and oxygen atoms in total. The van der Waals surface area contributed by atoms with E-state index in [2.05, 4.69) is 11.3 Å². The molecule has 0 aliphatic heterocycles. The summed E-state index contributed by atoms with van der Waals surface area (Å²) in [6.45, 7) is 3.83. The number of hydrogen-bond donors (Lipinski definition) is 2. The Bertz CT molecular complexity index is 497. The Morgan fingerprint density at radius 2 is 2.24 bits per heavy atom. The van der Waals surface area contributed by atoms with Gasteiger partial charge in [0.2, 0.25) is 10.0 Å². The minimum atomic E-state index is -3.57. The zero-order chi connectivity index (χ0) is 12.9. The van der Waals surface area contributed by atoms with E-state index >= 15 is 0 Å². The monoisotopic (exact) mass is 256 g/mol. The van der Waals surface area contributed by atoms with Crippen LogP contribution in [-0.4, -0.2) is 22.1 Å². The highest BCUT2D eigenvalue weighted by atomic mass is 32.2. The number of ether oxygens (including phenoxy) is 1. The third kappa shape index (κ3) is 3.47. The summed E-state index contributed by atoms with van der Waals surface area (Å²) in [5.74, 6) is 0.233. The van der Waals surface area contributed by atoms with Crippen molar-refractivity contribution in [2.24, 2.45) is 0 Å². The van der Waals surface area contributed by atoms with Gasteiger partial charge in [-0.2, -0.15) is 0 Å². The van der Waals surface area contributed by atoms with Gasteiger partial charge in [0.25, 0.3) is 0 Å². The molecule has 0 saturated carbocycles. The molecule has 1 rings (SSSR count). The fourth-order valence-corrected chi connectivity index (χ4v) is 2.48. The number of rotatable bonds is 6. The minimum absolute atomic E-state index is 0.0817. The molecular formula is C11H16N2O3S. The van der Waals surface area contributed by atoms with E-state index in [4.69, 9.17) is 10.5 Å². The third-order valence-corrected chi connectivity index (χ3v) is 3.62. The molecule has 0 aliphatic rings. The van der Waals surface area contributed by atoms with E-state index in [9.17, 15) is 8.42 Å². The van der Waals surface area contributed by atoms with E-state index in [1.165, 1.54) is 25.3 Å². The molecule has 6 heteroatoms. The first-order valence-corrected chi connectivity index (χ1v) is 6.53. The highest BCUT2D eigenvalue weighted by Crippen LogP contribution is 2.25. The highest BCUT2D eigenvalue weighted by Gasteiger charge is 2.18. The molecular weight excluding hydrogens is 240 g/mol. The average Bonchev–Trinajstić information content (AvgIpc) is 2.28. The van der Waals surface area contributed by atoms with Crippen LogP contribution in [0.2, 0.25) is 0 Å². The molecule has 0 radical (unpaired) electrons. The summed E-state index contributed by atoms with van der Waals surface area (Å²) in [6.07, 6.45) is 2.21. The smallest absolute Gasteiger partial charge is 0.244 e. The largest absolute Gasteiger partial charge is 0.495 e. The van der Waals surface area contributed by atoms with Crippen molar-refractivity contribution in [2.75, 3.05) is 19.4 Å². The minimum Gasteiger partial charge on any atom is -0.495 e. The van der Waals surface area contributed by atoms with E-state index in [-0.39, 0.29) is 10.6 Å². The molecule has 0 bridgehead atoms. The number of nitrogens with one attached hydrogen (secondary N) is 1. The maximum absolute atomic E-state index is 11.9. The molecule has 0 heterocycles. The Balaban J connectivity index is 3.01. The number of benzene rings is 1. The molecule has 3 N–H and O–H groups in total. The second kappa shape index (κ2) is 5.70. The van der Waals surface area contributed by atoms with E-state index < -0.39 is 10.0 Å². The second-order valence-electron chi connectivity index (χ2n) is 3.39. The van der Waals surface area contributed by atoms with Crippen LogP contribution in [0.1, 0.15) is 6.42 Å². The predicted octanol–water partition coefficient (Wildman–Crippen LogP) is 1.13. The van der Waals surface area contributed by atoms with Crippen molar-refractivity contribution < 1.29 is 13.2 Å². The lowest BCUT2D eigenvalue weighted by Crippen LogP contribution is -2.25. The average molecular weight is 256 g/mol. The van der Waals surface area contributed by atoms with Crippen LogP contribution in [0.4, 0.5) is 5.69 Å². The molecule has 0 aliphatic carbocycles. The normalized spacial score (nSPS) is 11.1. The Hall–Kier alpha value is -1.53. The van der Waals surface area contributed by atoms with Crippen molar-refractivity contribution in [3.63, 3.8) is 0 Å². The summed E-state index contributed by atoms with van der Waals surface area (Å²) in [5, 5.41) is 0. The summed E-state index contributed by atoms with van der Waals surface area (Å²) < 4.78 is 31.3. The third-order valence-electron chi connectivity index (χ3n) is 2.12. The first kappa shape index (κ1) is 13.5. The lowest BCUT2D eigenvalue weighted by molar-refractivity contribution is 0.402. The van der Waals surface area contributed by atoms with Crippen LogP contribution in [0, 0.1) is 0 Å². The van der Waals surface area contributed by atoms with Crippen molar-refractivity contribution >= 4 is 15.7 Å². The molecule has 0 unspecified atom stereocenters. The van der Waals surface area contributed by atoms with Crippen molar-refractivity contribution in [1.82, 2.24) is 4.72 Å². The van der Waals surface area contributed by atoms with Gasteiger partial charge in [-0.15, -0.1) is 6.58 Å². The second-order valence-corrected chi connectivity index (χ2v) is 5.12. The van der Waals surface area contributed by atoms with Gasteiger partial charge in [-0.3, -0.25) is 0 Å². The van der Waals surface area contributed by atoms with Crippen LogP contribution in [0.25, 0.3) is 0 Å². The molecule has 0 atom stereocenters. The molecule has 0 amide bonds. The van der Waals surface area contributed by atoms with Gasteiger partial charge in [0.15, 0.2) is 0 Å². The molecule has 0 fully saturated rings. The number of hydrogen-bond acceptors (Lipinski definition) is 4. The van der Waals surface area contributed by atoms with Gasteiger partial charge in [0.1, 0.15) is 10.6 Å². The van der Waals surface area contributed by atoms with Crippen LogP contribution in [0.5, 0.6) is 5.75 Å². The van der Waals surface area contributed by atoms with Gasteiger partial charge >= 0.3 is 0 Å². The summed E-state index contributed by atoms with van der Waals surface area (Å²) in [6, 6.07) is 4.41. The summed E-state index contributed by atoms with van der Waals surface area (Å²) in [4.78, 5) is 0.0817. The summed E-state index contributed by atoms with van der Waals surface area (Å²) in [5.41, 5.74) is 6.01. The van der Waals surface area contributed by atoms with Crippen molar-refractivity contribution in [1.29, 1.82) is 0 Å². The fourth-order valence-electron chi connectivity index (χ4n) is 1.28. The van der Waals surface area contributed by atoms with Gasteiger partial charge < -0.3 is 10.5 Å². The molecule has 17 heavy (non-hydrogen) atoms. The first-order valence-electron chi connectivity index (χ1n) is 5.05. The van der Waals surface area contributed by atoms with E-state index in [0.717, 1.165) is 0 Å². The van der Waals surface area contributed by atoms with E-state index in [0.29, 0.717) is 18.7 Å². The number of anilines is 1. The topological polar surface area (TPSA) is 81.4 Å². The molecule has 0 spiro atoms. The molecule has 94 valence electrons. The zero-order valence-electron chi connectivity index (χ0n) is 9.64. The summed E-state index contributed by atoms with van der Waals surface area (Å²) in [7, 11) is -2.17. The van der Waals surface area contributed by atoms with E-state index in [1.54, 1.807) is 6.08 Å². The number of nitrogens with two attached hydrogens (primary N) is 1. The highest BCUT2D eigenvalue weighted by molar-refractivity contribution is 7.89. The molecule has 1 aromatic rings. The number of sulfonamides is 1. The van der Waals surface area contributed by atoms with Crippen LogP contribution in [0.3, 0.4) is 0 Å². The van der Waals surface area contributed by atoms with Gasteiger partial charge in [-0.25, -0.2) is 13.1 Å². The van der Waals surface area contributed by atoms with Crippen molar-refractivity contribution in [2.45, 2.75) is 11.3 Å². The van der Waals surface area contributed by atoms with Crippen molar-refractivity contribution in [3.05, 3.63) is 30.9 Å². The molecule has 0 saturated heterocycles. The van der Waals surface area contributed by atoms with Crippen molar-refractivity contribution in [3.8, 4) is 5.75 Å². The van der Waals surface area contributed by atoms with Crippen LogP contribution < -0.4 is 15.2 Å². The van der Waals surface area contributed by atoms with Crippen LogP contribution >= 0.6 is 0 Å². The first-order chi connectivity index (χ1) is 8.01. The van der Waals surface area contributed by atoms with Gasteiger partial charge in [0.05, 0.1) is 7.11 Å². The quantitative estimate of drug-likeness (QED) is 0.454. The maximum atomic E-state index is 11.9. The summed E-state index contributed by atoms with van der Waals surface area (Å²) >= 11 is 0. The van der Waals surface area contributed by atoms with Gasteiger partial charge in [-0.1, -0.05) is 6.08 Å². The standard InChI is InChI=1S/C11H16N2O3S/c1-3-4-7-13-17(14,15)11-6-5-9(12)8-10(11)16-2/h3,5-6,8,13H,1,4,7,12H2,2H3. The molecule has 0 aromatic heterocycles. The van der Waals surface area contributed by atoms with Gasteiger partial charge in [0, 0.05) is 18.3 Å². The molecule has 1 aromatic carbocycles. The fraction of sp³-hybridized carbons (Fsp3) is 0.273. The Morgan fingerprint density at radius 3 is 2.82 bits per heavy atom. The van der Waals surface area contributed by atoms with Gasteiger partial charge in [-0.05, 0) is 18.6 Å². The number of nitrogen functional groups attached to an aromatic ring is 1. The lowest BCUT2D eigenvalue weighted by atomic mass is 10.3. The Morgan fingerprint density at radius 1 is 1.53 bits per heavy atom. The predicted molar refractivity (Wildman–Crippen MR) is 67.4 cm³/mol. The van der Waals surface area contributed by atoms with Crippen LogP contribution in [0.15, 0.2) is 35.7 Å². The Labute approximate surface area is 101 Å². The lowest BCUT2D eigenvalue weighted by Gasteiger charge is -2.10. The SMILES string of the molecule is C=CCCNS(=O)(=O)c1ccc(N)cc1OC. The van der Waals surface area contributed by atoms with E-state index in [1.807, 2.05) is 0 Å². The Kier molecular flexibility index (Phi) is 4.53. The zero-order valence-corrected chi connectivity index (χ0v) is 10.5.